The van der Waals surface area contributed by atoms with Crippen LogP contribution in [0.1, 0.15) is 24.8 Å². The second kappa shape index (κ2) is 9.73. The van der Waals surface area contributed by atoms with Gasteiger partial charge in [0.25, 0.3) is 11.8 Å². The Morgan fingerprint density at radius 3 is 2.66 bits per heavy atom. The molecule has 0 aromatic heterocycles. The minimum absolute atomic E-state index is 0.00618. The normalized spacial score (nSPS) is 13.8. The third-order valence-corrected chi connectivity index (χ3v) is 4.69. The summed E-state index contributed by atoms with van der Waals surface area (Å²) >= 11 is 0. The van der Waals surface area contributed by atoms with Gasteiger partial charge >= 0.3 is 5.97 Å². The summed E-state index contributed by atoms with van der Waals surface area (Å²) in [6.07, 6.45) is -0.00618. The fraction of sp³-hybridized carbons (Fsp3) is 0.318. The first-order valence-corrected chi connectivity index (χ1v) is 9.54. The van der Waals surface area contributed by atoms with Crippen molar-refractivity contribution >= 4 is 23.5 Å². The molecule has 0 aliphatic carbocycles. The van der Waals surface area contributed by atoms with Gasteiger partial charge in [-0.15, -0.1) is 0 Å². The second-order valence-electron chi connectivity index (χ2n) is 6.83. The van der Waals surface area contributed by atoms with Crippen molar-refractivity contribution < 1.29 is 23.9 Å². The highest BCUT2D eigenvalue weighted by Gasteiger charge is 2.25. The zero-order chi connectivity index (χ0) is 20.6. The molecule has 7 nitrogen and oxygen atoms in total. The summed E-state index contributed by atoms with van der Waals surface area (Å²) < 4.78 is 10.4. The molecule has 0 saturated carbocycles. The zero-order valence-electron chi connectivity index (χ0n) is 16.3. The topological polar surface area (TPSA) is 84.9 Å². The third kappa shape index (κ3) is 5.57. The van der Waals surface area contributed by atoms with Crippen LogP contribution in [0.15, 0.2) is 54.6 Å². The molecular weight excluding hydrogens is 372 g/mol. The molecule has 0 fully saturated rings. The van der Waals surface area contributed by atoms with Gasteiger partial charge in [-0.3, -0.25) is 14.4 Å². The maximum absolute atomic E-state index is 12.1. The smallest absolute Gasteiger partial charge is 0.308 e. The summed E-state index contributed by atoms with van der Waals surface area (Å²) in [7, 11) is 0. The number of nitrogens with zero attached hydrogens (tertiary/aromatic N) is 1. The molecule has 152 valence electrons. The SMILES string of the molecule is C[C@H](CNC(=O)COC(=O)CCN1C(=O)COc2ccccc21)c1ccccc1. The number of anilines is 1. The summed E-state index contributed by atoms with van der Waals surface area (Å²) in [5.41, 5.74) is 1.75. The van der Waals surface area contributed by atoms with Gasteiger partial charge in [0.05, 0.1) is 12.1 Å². The maximum Gasteiger partial charge on any atom is 0.308 e. The van der Waals surface area contributed by atoms with Crippen LogP contribution in [0.3, 0.4) is 0 Å². The van der Waals surface area contributed by atoms with E-state index >= 15 is 0 Å². The summed E-state index contributed by atoms with van der Waals surface area (Å²) in [5, 5.41) is 2.76. The highest BCUT2D eigenvalue weighted by molar-refractivity contribution is 5.98. The number of hydrogen-bond donors (Lipinski definition) is 1. The van der Waals surface area contributed by atoms with E-state index in [9.17, 15) is 14.4 Å². The van der Waals surface area contributed by atoms with Crippen molar-refractivity contribution in [1.82, 2.24) is 5.32 Å². The van der Waals surface area contributed by atoms with Crippen molar-refractivity contribution in [3.8, 4) is 5.75 Å². The number of carbonyl (C=O) groups excluding carboxylic acids is 3. The van der Waals surface area contributed by atoms with Gasteiger partial charge in [0.15, 0.2) is 13.2 Å². The van der Waals surface area contributed by atoms with Crippen LogP contribution in [0.25, 0.3) is 0 Å². The van der Waals surface area contributed by atoms with Gasteiger partial charge in [-0.1, -0.05) is 49.4 Å². The van der Waals surface area contributed by atoms with Crippen LogP contribution in [0.4, 0.5) is 5.69 Å². The molecule has 1 aliphatic rings. The van der Waals surface area contributed by atoms with Gasteiger partial charge in [-0.05, 0) is 23.6 Å². The van der Waals surface area contributed by atoms with Gasteiger partial charge in [-0.2, -0.15) is 0 Å². The van der Waals surface area contributed by atoms with Crippen LogP contribution in [-0.2, 0) is 19.1 Å². The van der Waals surface area contributed by atoms with Crippen molar-refractivity contribution in [2.24, 2.45) is 0 Å². The Labute approximate surface area is 169 Å². The van der Waals surface area contributed by atoms with Gasteiger partial charge in [0.1, 0.15) is 5.75 Å². The first-order chi connectivity index (χ1) is 14.0. The molecule has 1 atom stereocenters. The molecule has 2 aromatic carbocycles. The number of carbonyl (C=O) groups is 3. The van der Waals surface area contributed by atoms with Crippen molar-refractivity contribution in [1.29, 1.82) is 0 Å². The highest BCUT2D eigenvalue weighted by atomic mass is 16.5. The number of para-hydroxylation sites is 2. The van der Waals surface area contributed by atoms with Crippen LogP contribution in [0, 0.1) is 0 Å². The average molecular weight is 396 g/mol. The summed E-state index contributed by atoms with van der Waals surface area (Å²) in [5.74, 6) is -0.346. The monoisotopic (exact) mass is 396 g/mol. The lowest BCUT2D eigenvalue weighted by atomic mass is 10.0. The minimum Gasteiger partial charge on any atom is -0.482 e. The predicted molar refractivity (Wildman–Crippen MR) is 108 cm³/mol. The molecule has 3 rings (SSSR count). The van der Waals surface area contributed by atoms with Crippen LogP contribution in [0.2, 0.25) is 0 Å². The molecule has 0 spiro atoms. The largest absolute Gasteiger partial charge is 0.482 e. The second-order valence-corrected chi connectivity index (χ2v) is 6.83. The molecule has 0 unspecified atom stereocenters. The van der Waals surface area contributed by atoms with Crippen molar-refractivity contribution in [3.63, 3.8) is 0 Å². The molecule has 2 aromatic rings. The Bertz CT molecular complexity index is 869. The van der Waals surface area contributed by atoms with E-state index in [1.807, 2.05) is 43.3 Å². The van der Waals surface area contributed by atoms with Crippen molar-refractivity contribution in [2.75, 3.05) is 31.2 Å². The molecule has 1 aliphatic heterocycles. The molecule has 0 bridgehead atoms. The summed E-state index contributed by atoms with van der Waals surface area (Å²) in [4.78, 5) is 37.5. The molecule has 2 amide bonds. The lowest BCUT2D eigenvalue weighted by Gasteiger charge is -2.28. The Hall–Kier alpha value is -3.35. The number of ether oxygens (including phenoxy) is 2. The molecule has 1 heterocycles. The third-order valence-electron chi connectivity index (χ3n) is 4.69. The van der Waals surface area contributed by atoms with Gasteiger partial charge < -0.3 is 19.7 Å². The van der Waals surface area contributed by atoms with Crippen LogP contribution in [-0.4, -0.2) is 44.1 Å². The van der Waals surface area contributed by atoms with E-state index in [-0.39, 0.29) is 43.9 Å². The first-order valence-electron chi connectivity index (χ1n) is 9.54. The minimum atomic E-state index is -0.534. The quantitative estimate of drug-likeness (QED) is 0.692. The Morgan fingerprint density at radius 2 is 1.86 bits per heavy atom. The van der Waals surface area contributed by atoms with E-state index in [2.05, 4.69) is 5.32 Å². The average Bonchev–Trinajstić information content (AvgIpc) is 2.76. The Kier molecular flexibility index (Phi) is 6.84. The Morgan fingerprint density at radius 1 is 1.14 bits per heavy atom. The molecule has 7 heteroatoms. The van der Waals surface area contributed by atoms with E-state index < -0.39 is 5.97 Å². The van der Waals surface area contributed by atoms with Gasteiger partial charge in [0.2, 0.25) is 0 Å². The standard InChI is InChI=1S/C22H24N2O5/c1-16(17-7-3-2-4-8-17)13-23-20(25)14-29-22(27)11-12-24-18-9-5-6-10-19(18)28-15-21(24)26/h2-10,16H,11-15H2,1H3,(H,23,25)/t16-/m1/s1. The lowest BCUT2D eigenvalue weighted by Crippen LogP contribution is -2.40. The predicted octanol–water partition coefficient (Wildman–Crippen LogP) is 2.27. The van der Waals surface area contributed by atoms with Gasteiger partial charge in [-0.25, -0.2) is 0 Å². The molecular formula is C22H24N2O5. The molecule has 29 heavy (non-hydrogen) atoms. The number of hydrogen-bond acceptors (Lipinski definition) is 5. The van der Waals surface area contributed by atoms with Crippen molar-refractivity contribution in [2.45, 2.75) is 19.3 Å². The summed E-state index contributed by atoms with van der Waals surface area (Å²) in [6.45, 7) is 2.24. The van der Waals surface area contributed by atoms with Crippen LogP contribution >= 0.6 is 0 Å². The highest BCUT2D eigenvalue weighted by Crippen LogP contribution is 2.31. The fourth-order valence-corrected chi connectivity index (χ4v) is 3.04. The Balaban J connectivity index is 1.40. The van der Waals surface area contributed by atoms with E-state index in [0.29, 0.717) is 18.0 Å². The molecule has 0 radical (unpaired) electrons. The summed E-state index contributed by atoms with van der Waals surface area (Å²) in [6, 6.07) is 17.0. The number of nitrogens with one attached hydrogen (secondary N) is 1. The van der Waals surface area contributed by atoms with E-state index in [1.165, 1.54) is 4.90 Å². The van der Waals surface area contributed by atoms with E-state index in [4.69, 9.17) is 9.47 Å². The van der Waals surface area contributed by atoms with Crippen LogP contribution in [0.5, 0.6) is 5.75 Å². The van der Waals surface area contributed by atoms with Crippen molar-refractivity contribution in [3.05, 3.63) is 60.2 Å². The zero-order valence-corrected chi connectivity index (χ0v) is 16.3. The maximum atomic E-state index is 12.1. The first kappa shape index (κ1) is 20.4. The number of esters is 1. The number of benzene rings is 2. The fourth-order valence-electron chi connectivity index (χ4n) is 3.04. The molecule has 0 saturated heterocycles. The van der Waals surface area contributed by atoms with Crippen LogP contribution < -0.4 is 15.0 Å². The number of rotatable bonds is 8. The van der Waals surface area contributed by atoms with E-state index in [1.54, 1.807) is 18.2 Å². The number of amides is 2. The number of fused-ring (bicyclic) bond motifs is 1. The van der Waals surface area contributed by atoms with Gasteiger partial charge in [0, 0.05) is 13.1 Å². The molecule has 1 N–H and O–H groups in total. The lowest BCUT2D eigenvalue weighted by molar-refractivity contribution is -0.148. The van der Waals surface area contributed by atoms with E-state index in [0.717, 1.165) is 5.56 Å².